The Labute approximate surface area is 259 Å². The number of esters is 2. The lowest BCUT2D eigenvalue weighted by Gasteiger charge is -2.60. The normalized spacial score (nSPS) is 38.7. The molecule has 2 unspecified atom stereocenters. The molecule has 11 heteroatoms. The van der Waals surface area contributed by atoms with Crippen molar-refractivity contribution in [3.63, 3.8) is 0 Å². The summed E-state index contributed by atoms with van der Waals surface area (Å²) in [7, 11) is 1.31. The van der Waals surface area contributed by atoms with E-state index in [9.17, 15) is 29.6 Å². The van der Waals surface area contributed by atoms with Crippen molar-refractivity contribution in [2.75, 3.05) is 7.11 Å². The zero-order chi connectivity index (χ0) is 32.2. The van der Waals surface area contributed by atoms with Gasteiger partial charge in [-0.1, -0.05) is 19.4 Å². The number of hydrogen-bond donors (Lipinski definition) is 1. The van der Waals surface area contributed by atoms with Crippen LogP contribution in [0, 0.1) is 38.2 Å². The minimum Gasteiger partial charge on any atom is -0.472 e. The molecule has 10 atom stereocenters. The molecule has 2 aromatic rings. The highest BCUT2D eigenvalue weighted by Gasteiger charge is 2.79. The number of ketones is 1. The molecule has 1 aromatic heterocycles. The minimum atomic E-state index is -1.45. The number of carbonyl (C=O) groups excluding carboxylic acids is 3. The Morgan fingerprint density at radius 3 is 2.49 bits per heavy atom. The molecule has 1 saturated carbocycles. The van der Waals surface area contributed by atoms with Gasteiger partial charge in [-0.3, -0.25) is 24.5 Å². The van der Waals surface area contributed by atoms with Gasteiger partial charge in [-0.15, -0.1) is 0 Å². The van der Waals surface area contributed by atoms with Crippen LogP contribution >= 0.6 is 0 Å². The third-order valence-electron chi connectivity index (χ3n) is 11.9. The second kappa shape index (κ2) is 9.70. The Kier molecular flexibility index (Phi) is 6.39. The number of ether oxygens (including phenoxy) is 3. The second-order valence-electron chi connectivity index (χ2n) is 13.7. The van der Waals surface area contributed by atoms with Gasteiger partial charge in [0.15, 0.2) is 5.78 Å². The van der Waals surface area contributed by atoms with E-state index in [4.69, 9.17) is 18.6 Å². The van der Waals surface area contributed by atoms with Crippen LogP contribution in [0.1, 0.15) is 63.7 Å². The van der Waals surface area contributed by atoms with Crippen molar-refractivity contribution in [3.8, 4) is 0 Å². The van der Waals surface area contributed by atoms with Crippen molar-refractivity contribution in [2.45, 2.75) is 70.9 Å². The molecule has 1 N–H and O–H groups in total. The van der Waals surface area contributed by atoms with Crippen molar-refractivity contribution >= 4 is 23.4 Å². The summed E-state index contributed by atoms with van der Waals surface area (Å²) in [4.78, 5) is 52.4. The monoisotopic (exact) mass is 617 g/mol. The van der Waals surface area contributed by atoms with E-state index in [0.29, 0.717) is 12.0 Å². The lowest BCUT2D eigenvalue weighted by atomic mass is 9.40. The summed E-state index contributed by atoms with van der Waals surface area (Å²) < 4.78 is 23.6. The van der Waals surface area contributed by atoms with Crippen LogP contribution in [0.3, 0.4) is 0 Å². The summed E-state index contributed by atoms with van der Waals surface area (Å²) in [5.41, 5.74) is -0.161. The number of benzene rings is 1. The van der Waals surface area contributed by atoms with E-state index in [2.05, 4.69) is 6.92 Å². The number of non-ortho nitro benzene ring substituents is 1. The Balaban J connectivity index is 1.39. The van der Waals surface area contributed by atoms with Gasteiger partial charge in [0.2, 0.25) is 0 Å². The Morgan fingerprint density at radius 1 is 1.16 bits per heavy atom. The van der Waals surface area contributed by atoms with Gasteiger partial charge in [0.1, 0.15) is 18.3 Å². The van der Waals surface area contributed by atoms with Crippen molar-refractivity contribution < 1.29 is 43.0 Å². The third-order valence-corrected chi connectivity index (χ3v) is 11.9. The predicted octanol–water partition coefficient (Wildman–Crippen LogP) is 4.76. The van der Waals surface area contributed by atoms with E-state index < -0.39 is 63.3 Å². The first kappa shape index (κ1) is 29.6. The quantitative estimate of drug-likeness (QED) is 0.208. The van der Waals surface area contributed by atoms with Gasteiger partial charge >= 0.3 is 11.9 Å². The molecule has 2 saturated heterocycles. The van der Waals surface area contributed by atoms with Crippen LogP contribution < -0.4 is 0 Å². The summed E-state index contributed by atoms with van der Waals surface area (Å²) in [6, 6.07) is 7.28. The summed E-state index contributed by atoms with van der Waals surface area (Å²) >= 11 is 0. The number of rotatable bonds is 6. The van der Waals surface area contributed by atoms with Crippen LogP contribution in [0.25, 0.3) is 0 Å². The molecule has 0 radical (unpaired) electrons. The molecule has 236 valence electrons. The number of aliphatic hydroxyl groups is 1. The number of nitrogens with zero attached hydrogens (tertiary/aromatic N) is 1. The van der Waals surface area contributed by atoms with Crippen molar-refractivity contribution in [1.82, 2.24) is 0 Å². The average molecular weight is 618 g/mol. The number of allylic oxidation sites excluding steroid dienone is 2. The minimum absolute atomic E-state index is 0.0348. The highest BCUT2D eigenvalue weighted by molar-refractivity contribution is 6.02. The number of carbonyl (C=O) groups is 3. The van der Waals surface area contributed by atoms with Crippen LogP contribution in [-0.2, 0) is 28.6 Å². The maximum absolute atomic E-state index is 14.6. The Hall–Kier alpha value is -4.09. The summed E-state index contributed by atoms with van der Waals surface area (Å²) in [6.07, 6.45) is 2.03. The van der Waals surface area contributed by atoms with Crippen molar-refractivity contribution in [2.24, 2.45) is 28.1 Å². The molecule has 0 bridgehead atoms. The molecule has 3 aliphatic carbocycles. The lowest BCUT2D eigenvalue weighted by Crippen LogP contribution is -2.67. The van der Waals surface area contributed by atoms with Crippen LogP contribution in [0.4, 0.5) is 5.69 Å². The topological polar surface area (TPSA) is 155 Å². The average Bonchev–Trinajstić information content (AvgIpc) is 3.77. The Morgan fingerprint density at radius 2 is 1.87 bits per heavy atom. The number of furan rings is 1. The fourth-order valence-corrected chi connectivity index (χ4v) is 9.83. The first-order chi connectivity index (χ1) is 21.3. The molecule has 3 heterocycles. The predicted molar refractivity (Wildman–Crippen MR) is 156 cm³/mol. The van der Waals surface area contributed by atoms with Crippen LogP contribution in [-0.4, -0.2) is 53.2 Å². The number of hydrogen-bond acceptors (Lipinski definition) is 10. The van der Waals surface area contributed by atoms with Gasteiger partial charge in [0.05, 0.1) is 42.5 Å². The van der Waals surface area contributed by atoms with Crippen LogP contribution in [0.2, 0.25) is 0 Å². The van der Waals surface area contributed by atoms with E-state index >= 15 is 0 Å². The Bertz CT molecular complexity index is 1690. The molecule has 2 aliphatic heterocycles. The van der Waals surface area contributed by atoms with Gasteiger partial charge in [0.25, 0.3) is 5.69 Å². The van der Waals surface area contributed by atoms with E-state index in [1.54, 1.807) is 26.4 Å². The smallest absolute Gasteiger partial charge is 0.316 e. The molecule has 5 aliphatic rings. The number of nitro groups is 1. The molecule has 0 amide bonds. The van der Waals surface area contributed by atoms with E-state index in [-0.39, 0.29) is 35.5 Å². The number of nitro benzene ring substituents is 1. The maximum atomic E-state index is 14.6. The van der Waals surface area contributed by atoms with E-state index in [1.165, 1.54) is 37.5 Å². The molecule has 45 heavy (non-hydrogen) atoms. The van der Waals surface area contributed by atoms with Gasteiger partial charge < -0.3 is 23.7 Å². The fraction of sp³-hybridized carbons (Fsp3) is 0.500. The number of methoxy groups -OCH3 is 1. The largest absolute Gasteiger partial charge is 0.472 e. The molecule has 0 spiro atoms. The van der Waals surface area contributed by atoms with Gasteiger partial charge in [-0.25, -0.2) is 0 Å². The lowest BCUT2D eigenvalue weighted by molar-refractivity contribution is -0.384. The van der Waals surface area contributed by atoms with Crippen molar-refractivity contribution in [3.05, 3.63) is 86.9 Å². The second-order valence-corrected chi connectivity index (χ2v) is 13.7. The number of fused-ring (bicyclic) bond motifs is 4. The highest BCUT2D eigenvalue weighted by Crippen LogP contribution is 2.73. The molecular weight excluding hydrogens is 582 g/mol. The first-order valence-corrected chi connectivity index (χ1v) is 15.1. The summed E-state index contributed by atoms with van der Waals surface area (Å²) in [6.45, 7) is 7.56. The third kappa shape index (κ3) is 3.68. The van der Waals surface area contributed by atoms with Gasteiger partial charge in [-0.2, -0.15) is 0 Å². The van der Waals surface area contributed by atoms with E-state index in [0.717, 1.165) is 16.7 Å². The first-order valence-electron chi connectivity index (χ1n) is 15.1. The van der Waals surface area contributed by atoms with Crippen LogP contribution in [0.15, 0.2) is 70.1 Å². The SMILES string of the molecule is COC(=O)C[C@H]1[C@]2(C)C3=C(C)[C@H](c4ccoc4)C[C@@H]3O[C@@H]2[C@@H]2OC(=O)[C@]3(C)C(C(O)c4ccc([N+](=O)[O-])cc4)=CC(=O)[C@@]1(C)C23. The number of aliphatic hydroxyl groups excluding tert-OH is 1. The van der Waals surface area contributed by atoms with Crippen molar-refractivity contribution in [1.29, 1.82) is 0 Å². The maximum Gasteiger partial charge on any atom is 0.316 e. The molecular formula is C34H35NO10. The molecule has 11 nitrogen and oxygen atoms in total. The molecule has 1 aromatic carbocycles. The zero-order valence-corrected chi connectivity index (χ0v) is 25.6. The van der Waals surface area contributed by atoms with Crippen LogP contribution in [0.5, 0.6) is 0 Å². The van der Waals surface area contributed by atoms with Gasteiger partial charge in [0, 0.05) is 34.8 Å². The summed E-state index contributed by atoms with van der Waals surface area (Å²) in [5, 5.41) is 22.8. The summed E-state index contributed by atoms with van der Waals surface area (Å²) in [5.74, 6) is -2.76. The fourth-order valence-electron chi connectivity index (χ4n) is 9.83. The molecule has 3 fully saturated rings. The zero-order valence-electron chi connectivity index (χ0n) is 25.6. The van der Waals surface area contributed by atoms with Gasteiger partial charge in [-0.05, 0) is 72.7 Å². The molecule has 7 rings (SSSR count). The van der Waals surface area contributed by atoms with E-state index in [1.807, 2.05) is 13.0 Å². The highest BCUT2D eigenvalue weighted by atomic mass is 16.6. The standard InChI is InChI=1S/C34H35NO10/c1-16-20(18-10-11-43-15-18)12-22-26(16)34(4)23(14-25(37)42-5)33(3)24(36)13-21(27(38)17-6-8-19(9-7-17)35(40)41)32(2)29(33)28(30(34)44-22)45-31(32)39/h6-11,13,15,20,22-23,27-30,38H,12,14H2,1-5H3/t20-,22+,23-,27?,28-,29?,30-,32-,33+,34-/m1/s1.